The highest BCUT2D eigenvalue weighted by Crippen LogP contribution is 2.61. The Bertz CT molecular complexity index is 1650. The lowest BCUT2D eigenvalue weighted by Crippen LogP contribution is -2.62. The van der Waals surface area contributed by atoms with E-state index in [0.717, 1.165) is 12.1 Å². The zero-order valence-electron chi connectivity index (χ0n) is 32.6. The van der Waals surface area contributed by atoms with Gasteiger partial charge in [0.1, 0.15) is 17.9 Å². The third kappa shape index (κ3) is 8.49. The van der Waals surface area contributed by atoms with Gasteiger partial charge in [-0.25, -0.2) is 0 Å². The van der Waals surface area contributed by atoms with Gasteiger partial charge in [0.25, 0.3) is 5.91 Å². The second-order valence-corrected chi connectivity index (χ2v) is 16.4. The smallest absolute Gasteiger partial charge is 0.305 e. The number of para-hydroxylation sites is 1. The standard InChI is InChI=1S/C40H59N5O8/c1-22-31-16-27(40(31,3)4)17-32(22)42-39(51)36-35(23(2)47)33(21-46)53-45(36)19-24-11-10-12-30(37(24)52-9)25-13-26(15-29(14-25)44(7)8)38(50)41-28(18-34(48)49)20-43(5)6/h10-15,22-23,27-28,31-33,35-36,46-47H,16-21H2,1-9H3,(H,41,50)(H,42,51)(H,48,49)/t22-,23-,27+,28+,31-,32-,33-,35+,36-/m0/s1. The first kappa shape index (κ1) is 40.4. The van der Waals surface area contributed by atoms with Crippen LogP contribution in [-0.4, -0.2) is 122 Å². The normalized spacial score (nSPS) is 27.4. The van der Waals surface area contributed by atoms with Crippen LogP contribution in [-0.2, 0) is 21.0 Å². The van der Waals surface area contributed by atoms with Gasteiger partial charge in [-0.1, -0.05) is 39.0 Å². The van der Waals surface area contributed by atoms with Crippen molar-refractivity contribution in [1.82, 2.24) is 20.6 Å². The summed E-state index contributed by atoms with van der Waals surface area (Å²) < 4.78 is 6.02. The molecule has 13 heteroatoms. The van der Waals surface area contributed by atoms with Gasteiger partial charge < -0.3 is 40.5 Å². The molecule has 1 heterocycles. The number of aliphatic hydroxyl groups is 2. The van der Waals surface area contributed by atoms with Gasteiger partial charge in [0.05, 0.1) is 38.8 Å². The van der Waals surface area contributed by atoms with E-state index in [-0.39, 0.29) is 36.9 Å². The molecule has 4 fully saturated rings. The van der Waals surface area contributed by atoms with Crippen LogP contribution in [0.3, 0.4) is 0 Å². The van der Waals surface area contributed by atoms with E-state index in [9.17, 15) is 29.7 Å². The Morgan fingerprint density at radius 1 is 1.11 bits per heavy atom. The summed E-state index contributed by atoms with van der Waals surface area (Å²) in [4.78, 5) is 49.3. The number of benzene rings is 2. The third-order valence-corrected chi connectivity index (χ3v) is 12.0. The van der Waals surface area contributed by atoms with Crippen molar-refractivity contribution in [3.63, 3.8) is 0 Å². The summed E-state index contributed by atoms with van der Waals surface area (Å²) in [6.45, 7) is 8.59. The molecule has 5 N–H and O–H groups in total. The predicted molar refractivity (Wildman–Crippen MR) is 202 cm³/mol. The van der Waals surface area contributed by atoms with E-state index < -0.39 is 42.1 Å². The quantitative estimate of drug-likeness (QED) is 0.182. The number of carbonyl (C=O) groups excluding carboxylic acids is 2. The van der Waals surface area contributed by atoms with Crippen molar-refractivity contribution in [2.75, 3.05) is 53.4 Å². The van der Waals surface area contributed by atoms with Crippen LogP contribution in [0.15, 0.2) is 36.4 Å². The van der Waals surface area contributed by atoms with E-state index in [1.54, 1.807) is 31.2 Å². The minimum atomic E-state index is -1.00. The average Bonchev–Trinajstić information content (AvgIpc) is 3.46. The number of aliphatic hydroxyl groups excluding tert-OH is 2. The molecule has 0 radical (unpaired) electrons. The summed E-state index contributed by atoms with van der Waals surface area (Å²) in [7, 11) is 8.95. The Morgan fingerprint density at radius 2 is 1.83 bits per heavy atom. The Balaban J connectivity index is 1.45. The van der Waals surface area contributed by atoms with Gasteiger partial charge in [-0.05, 0) is 80.8 Å². The zero-order valence-corrected chi connectivity index (χ0v) is 32.6. The fourth-order valence-electron chi connectivity index (χ4n) is 9.07. The van der Waals surface area contributed by atoms with Crippen LogP contribution in [0.5, 0.6) is 5.75 Å². The van der Waals surface area contributed by atoms with Crippen molar-refractivity contribution in [2.45, 2.75) is 83.8 Å². The van der Waals surface area contributed by atoms with E-state index in [0.29, 0.717) is 52.3 Å². The highest BCUT2D eigenvalue weighted by molar-refractivity contribution is 5.97. The molecule has 1 saturated heterocycles. The summed E-state index contributed by atoms with van der Waals surface area (Å²) in [5.41, 5.74) is 3.47. The van der Waals surface area contributed by atoms with Crippen LogP contribution in [0.2, 0.25) is 0 Å². The van der Waals surface area contributed by atoms with E-state index in [2.05, 4.69) is 31.4 Å². The van der Waals surface area contributed by atoms with Crippen molar-refractivity contribution < 1.29 is 39.3 Å². The number of carboxylic acid groups (broad SMARTS) is 1. The van der Waals surface area contributed by atoms with Crippen molar-refractivity contribution in [3.8, 4) is 16.9 Å². The summed E-state index contributed by atoms with van der Waals surface area (Å²) in [6.07, 6.45) is 0.159. The monoisotopic (exact) mass is 737 g/mol. The fraction of sp³-hybridized carbons (Fsp3) is 0.625. The van der Waals surface area contributed by atoms with Crippen LogP contribution in [0.25, 0.3) is 11.1 Å². The Morgan fingerprint density at radius 3 is 2.40 bits per heavy atom. The Hall–Kier alpha value is -3.75. The minimum Gasteiger partial charge on any atom is -0.496 e. The van der Waals surface area contributed by atoms with Crippen molar-refractivity contribution in [3.05, 3.63) is 47.5 Å². The number of amides is 2. The van der Waals surface area contributed by atoms with Gasteiger partial charge in [0.15, 0.2) is 0 Å². The molecule has 9 atom stereocenters. The first-order valence-electron chi connectivity index (χ1n) is 18.6. The zero-order chi connectivity index (χ0) is 38.9. The molecule has 0 unspecified atom stereocenters. The predicted octanol–water partition coefficient (Wildman–Crippen LogP) is 3.22. The molecule has 0 spiro atoms. The van der Waals surface area contributed by atoms with Crippen LogP contribution >= 0.6 is 0 Å². The summed E-state index contributed by atoms with van der Waals surface area (Å²) >= 11 is 0. The van der Waals surface area contributed by atoms with Crippen LogP contribution in [0.4, 0.5) is 5.69 Å². The molecule has 2 aromatic rings. The third-order valence-electron chi connectivity index (χ3n) is 12.0. The lowest BCUT2D eigenvalue weighted by Gasteiger charge is -2.62. The molecular weight excluding hydrogens is 678 g/mol. The van der Waals surface area contributed by atoms with E-state index in [4.69, 9.17) is 9.57 Å². The topological polar surface area (TPSA) is 164 Å². The number of hydrogen-bond acceptors (Lipinski definition) is 10. The number of nitrogens with one attached hydrogen (secondary N) is 2. The molecule has 0 aromatic heterocycles. The molecule has 6 rings (SSSR count). The molecule has 2 bridgehead atoms. The number of ether oxygens (including phenoxy) is 1. The number of nitrogens with zero attached hydrogens (tertiary/aromatic N) is 3. The molecule has 53 heavy (non-hydrogen) atoms. The number of likely N-dealkylation sites (N-methyl/N-ethyl adjacent to an activating group) is 1. The van der Waals surface area contributed by atoms with Crippen molar-refractivity contribution >= 4 is 23.5 Å². The first-order valence-corrected chi connectivity index (χ1v) is 18.6. The molecule has 2 amide bonds. The Labute approximate surface area is 313 Å². The molecule has 3 saturated carbocycles. The summed E-state index contributed by atoms with van der Waals surface area (Å²) in [5, 5.41) is 38.5. The van der Waals surface area contributed by atoms with Crippen molar-refractivity contribution in [1.29, 1.82) is 0 Å². The van der Waals surface area contributed by atoms with Crippen molar-refractivity contribution in [2.24, 2.45) is 29.1 Å². The maximum Gasteiger partial charge on any atom is 0.305 e. The van der Waals surface area contributed by atoms with Gasteiger partial charge in [0, 0.05) is 55.0 Å². The number of hydroxylamine groups is 2. The fourth-order valence-corrected chi connectivity index (χ4v) is 9.07. The second kappa shape index (κ2) is 16.3. The largest absolute Gasteiger partial charge is 0.496 e. The lowest BCUT2D eigenvalue weighted by molar-refractivity contribution is -0.183. The van der Waals surface area contributed by atoms with Crippen LogP contribution in [0.1, 0.15) is 62.9 Å². The molecule has 13 nitrogen and oxygen atoms in total. The number of fused-ring (bicyclic) bond motifs is 2. The first-order chi connectivity index (χ1) is 25.0. The molecule has 3 aliphatic carbocycles. The molecular formula is C40H59N5O8. The molecule has 2 aromatic carbocycles. The van der Waals surface area contributed by atoms with Gasteiger partial charge in [-0.2, -0.15) is 5.06 Å². The van der Waals surface area contributed by atoms with Gasteiger partial charge >= 0.3 is 5.97 Å². The number of carbonyl (C=O) groups is 3. The Kier molecular flexibility index (Phi) is 12.4. The number of carboxylic acids is 1. The average molecular weight is 738 g/mol. The highest BCUT2D eigenvalue weighted by atomic mass is 16.7. The number of hydrogen-bond donors (Lipinski definition) is 5. The number of anilines is 1. The molecule has 4 aliphatic rings. The lowest BCUT2D eigenvalue weighted by atomic mass is 9.45. The van der Waals surface area contributed by atoms with E-state index >= 15 is 0 Å². The number of aliphatic carboxylic acids is 1. The minimum absolute atomic E-state index is 0.0134. The van der Waals surface area contributed by atoms with E-state index in [1.807, 2.05) is 62.3 Å². The molecule has 292 valence electrons. The van der Waals surface area contributed by atoms with Gasteiger partial charge in [-0.15, -0.1) is 0 Å². The van der Waals surface area contributed by atoms with E-state index in [1.165, 1.54) is 6.42 Å². The van der Waals surface area contributed by atoms with Gasteiger partial charge in [0.2, 0.25) is 5.91 Å². The van der Waals surface area contributed by atoms with Crippen LogP contribution < -0.4 is 20.3 Å². The summed E-state index contributed by atoms with van der Waals surface area (Å²) in [6, 6.07) is 9.63. The van der Waals surface area contributed by atoms with Gasteiger partial charge in [-0.3, -0.25) is 19.2 Å². The maximum atomic E-state index is 14.2. The maximum absolute atomic E-state index is 14.2. The summed E-state index contributed by atoms with van der Waals surface area (Å²) in [5.74, 6) is -0.395. The second-order valence-electron chi connectivity index (χ2n) is 16.4. The number of methoxy groups -OCH3 is 1. The van der Waals surface area contributed by atoms with Crippen LogP contribution in [0, 0.1) is 29.1 Å². The number of rotatable bonds is 15. The highest BCUT2D eigenvalue weighted by Gasteiger charge is 2.57. The SMILES string of the molecule is COc1c(CN2O[C@@H](CO)[C@@H]([C@H](C)O)[C@H]2C(=O)N[C@H]2C[C@H]3C[C@@H]([C@@H]2C)C3(C)C)cccc1-c1cc(C(=O)N[C@H](CC(=O)O)CN(C)C)cc(N(C)C)c1. The molecule has 1 aliphatic heterocycles.